The van der Waals surface area contributed by atoms with Crippen molar-refractivity contribution in [3.63, 3.8) is 0 Å². The number of amides is 1. The number of hydrogen-bond donors (Lipinski definition) is 1. The minimum absolute atomic E-state index is 0.289. The molecule has 0 aliphatic carbocycles. The lowest BCUT2D eigenvalue weighted by Gasteiger charge is -2.21. The molecule has 0 atom stereocenters. The highest BCUT2D eigenvalue weighted by Crippen LogP contribution is 2.17. The van der Waals surface area contributed by atoms with Gasteiger partial charge in [-0.15, -0.1) is 0 Å². The third-order valence-electron chi connectivity index (χ3n) is 3.76. The van der Waals surface area contributed by atoms with Crippen LogP contribution >= 0.6 is 0 Å². The maximum atomic E-state index is 13.1. The van der Waals surface area contributed by atoms with E-state index >= 15 is 0 Å². The summed E-state index contributed by atoms with van der Waals surface area (Å²) < 4.78 is 20.3. The second kappa shape index (κ2) is 6.70. The Morgan fingerprint density at radius 1 is 1.41 bits per heavy atom. The van der Waals surface area contributed by atoms with Crippen molar-refractivity contribution < 1.29 is 13.9 Å². The van der Waals surface area contributed by atoms with E-state index in [0.29, 0.717) is 11.6 Å². The molecule has 0 spiro atoms. The van der Waals surface area contributed by atoms with Crippen molar-refractivity contribution in [1.29, 1.82) is 0 Å². The lowest BCUT2D eigenvalue weighted by atomic mass is 10.0. The molecule has 1 fully saturated rings. The summed E-state index contributed by atoms with van der Waals surface area (Å²) in [6.07, 6.45) is 5.47. The van der Waals surface area contributed by atoms with E-state index in [4.69, 9.17) is 4.74 Å². The molecule has 5 nitrogen and oxygen atoms in total. The van der Waals surface area contributed by atoms with Gasteiger partial charge in [-0.1, -0.05) is 6.07 Å². The summed E-state index contributed by atoms with van der Waals surface area (Å²) in [6, 6.07) is 5.61. The minimum Gasteiger partial charge on any atom is -0.381 e. The smallest absolute Gasteiger partial charge is 0.255 e. The Labute approximate surface area is 128 Å². The summed E-state index contributed by atoms with van der Waals surface area (Å²) in [4.78, 5) is 12.0. The average molecular weight is 303 g/mol. The van der Waals surface area contributed by atoms with Crippen LogP contribution in [-0.2, 0) is 11.3 Å². The number of hydrogen-bond acceptors (Lipinski definition) is 3. The van der Waals surface area contributed by atoms with Crippen LogP contribution in [0.2, 0.25) is 0 Å². The quantitative estimate of drug-likeness (QED) is 0.945. The van der Waals surface area contributed by atoms with Crippen LogP contribution in [0.1, 0.15) is 23.2 Å². The van der Waals surface area contributed by atoms with Gasteiger partial charge < -0.3 is 10.1 Å². The molecule has 3 rings (SSSR count). The molecule has 22 heavy (non-hydrogen) atoms. The largest absolute Gasteiger partial charge is 0.381 e. The van der Waals surface area contributed by atoms with E-state index in [9.17, 15) is 9.18 Å². The van der Waals surface area contributed by atoms with Gasteiger partial charge in [0, 0.05) is 31.5 Å². The van der Waals surface area contributed by atoms with Gasteiger partial charge in [-0.25, -0.2) is 4.39 Å². The molecule has 1 N–H and O–H groups in total. The average Bonchev–Trinajstić information content (AvgIpc) is 2.95. The molecular weight excluding hydrogens is 285 g/mol. The Hall–Kier alpha value is -2.21. The Kier molecular flexibility index (Phi) is 4.48. The van der Waals surface area contributed by atoms with E-state index in [0.717, 1.165) is 32.6 Å². The van der Waals surface area contributed by atoms with Crippen molar-refractivity contribution in [3.8, 4) is 0 Å². The Morgan fingerprint density at radius 2 is 2.23 bits per heavy atom. The van der Waals surface area contributed by atoms with Gasteiger partial charge in [0.1, 0.15) is 5.82 Å². The van der Waals surface area contributed by atoms with Gasteiger partial charge in [-0.05, 0) is 37.0 Å². The standard InChI is InChI=1S/C16H18FN3O2/c17-14-3-1-2-13(8-14)16(21)19-15-9-18-20(11-15)10-12-4-6-22-7-5-12/h1-3,8-9,11-12H,4-7,10H2,(H,19,21). The normalized spacial score (nSPS) is 15.7. The van der Waals surface area contributed by atoms with Crippen LogP contribution in [0.25, 0.3) is 0 Å². The monoisotopic (exact) mass is 303 g/mol. The van der Waals surface area contributed by atoms with Gasteiger partial charge in [0.25, 0.3) is 5.91 Å². The van der Waals surface area contributed by atoms with Crippen LogP contribution in [0.4, 0.5) is 10.1 Å². The Balaban J connectivity index is 1.60. The van der Waals surface area contributed by atoms with Gasteiger partial charge in [0.2, 0.25) is 0 Å². The van der Waals surface area contributed by atoms with Crippen LogP contribution < -0.4 is 5.32 Å². The zero-order chi connectivity index (χ0) is 15.4. The number of rotatable bonds is 4. The minimum atomic E-state index is -0.428. The number of ether oxygens (including phenoxy) is 1. The van der Waals surface area contributed by atoms with E-state index in [1.807, 2.05) is 4.68 Å². The van der Waals surface area contributed by atoms with Crippen molar-refractivity contribution in [2.75, 3.05) is 18.5 Å². The summed E-state index contributed by atoms with van der Waals surface area (Å²) in [6.45, 7) is 2.42. The van der Waals surface area contributed by atoms with Crippen LogP contribution in [0.5, 0.6) is 0 Å². The molecular formula is C16H18FN3O2. The maximum absolute atomic E-state index is 13.1. The molecule has 1 aromatic carbocycles. The molecule has 2 aromatic rings. The molecule has 2 heterocycles. The number of anilines is 1. The summed E-state index contributed by atoms with van der Waals surface area (Å²) in [5.41, 5.74) is 0.901. The molecule has 1 aliphatic rings. The van der Waals surface area contributed by atoms with Crippen molar-refractivity contribution in [1.82, 2.24) is 9.78 Å². The third-order valence-corrected chi connectivity index (χ3v) is 3.76. The predicted octanol–water partition coefficient (Wildman–Crippen LogP) is 2.70. The maximum Gasteiger partial charge on any atom is 0.255 e. The number of carbonyl (C=O) groups excluding carboxylic acids is 1. The molecule has 6 heteroatoms. The Bertz CT molecular complexity index is 650. The lowest BCUT2D eigenvalue weighted by Crippen LogP contribution is -2.20. The fraction of sp³-hybridized carbons (Fsp3) is 0.375. The van der Waals surface area contributed by atoms with E-state index in [1.165, 1.54) is 18.2 Å². The molecule has 0 radical (unpaired) electrons. The fourth-order valence-electron chi connectivity index (χ4n) is 2.55. The first-order chi connectivity index (χ1) is 10.7. The van der Waals surface area contributed by atoms with Crippen molar-refractivity contribution in [2.45, 2.75) is 19.4 Å². The summed E-state index contributed by atoms with van der Waals surface area (Å²) >= 11 is 0. The molecule has 1 saturated heterocycles. The lowest BCUT2D eigenvalue weighted by molar-refractivity contribution is 0.0601. The van der Waals surface area contributed by atoms with E-state index in [2.05, 4.69) is 10.4 Å². The van der Waals surface area contributed by atoms with Gasteiger partial charge in [0.05, 0.1) is 11.9 Å². The van der Waals surface area contributed by atoms with Crippen LogP contribution in [0, 0.1) is 11.7 Å². The van der Waals surface area contributed by atoms with Crippen molar-refractivity contribution in [3.05, 3.63) is 48.0 Å². The fourth-order valence-corrected chi connectivity index (χ4v) is 2.55. The summed E-state index contributed by atoms with van der Waals surface area (Å²) in [5, 5.41) is 6.99. The van der Waals surface area contributed by atoms with E-state index in [-0.39, 0.29) is 11.5 Å². The first-order valence-corrected chi connectivity index (χ1v) is 7.38. The molecule has 1 amide bonds. The first-order valence-electron chi connectivity index (χ1n) is 7.38. The summed E-state index contributed by atoms with van der Waals surface area (Å²) in [5.74, 6) is -0.214. The second-order valence-electron chi connectivity index (χ2n) is 5.47. The van der Waals surface area contributed by atoms with Crippen LogP contribution in [0.3, 0.4) is 0 Å². The van der Waals surface area contributed by atoms with Gasteiger partial charge in [0.15, 0.2) is 0 Å². The number of nitrogens with zero attached hydrogens (tertiary/aromatic N) is 2. The number of aromatic nitrogens is 2. The number of nitrogens with one attached hydrogen (secondary N) is 1. The van der Waals surface area contributed by atoms with Gasteiger partial charge in [-0.3, -0.25) is 9.48 Å². The molecule has 1 aromatic heterocycles. The number of halogens is 1. The van der Waals surface area contributed by atoms with E-state index in [1.54, 1.807) is 18.5 Å². The molecule has 1 aliphatic heterocycles. The molecule has 0 saturated carbocycles. The molecule has 0 bridgehead atoms. The highest BCUT2D eigenvalue weighted by Gasteiger charge is 2.15. The zero-order valence-electron chi connectivity index (χ0n) is 12.2. The third kappa shape index (κ3) is 3.71. The SMILES string of the molecule is O=C(Nc1cnn(CC2CCOCC2)c1)c1cccc(F)c1. The first kappa shape index (κ1) is 14.7. The Morgan fingerprint density at radius 3 is 3.00 bits per heavy atom. The van der Waals surface area contributed by atoms with E-state index < -0.39 is 5.82 Å². The van der Waals surface area contributed by atoms with Gasteiger partial charge in [-0.2, -0.15) is 5.10 Å². The van der Waals surface area contributed by atoms with Crippen molar-refractivity contribution in [2.24, 2.45) is 5.92 Å². The highest BCUT2D eigenvalue weighted by atomic mass is 19.1. The second-order valence-corrected chi connectivity index (χ2v) is 5.47. The predicted molar refractivity (Wildman–Crippen MR) is 80.1 cm³/mol. The van der Waals surface area contributed by atoms with Gasteiger partial charge >= 0.3 is 0 Å². The number of benzene rings is 1. The highest BCUT2D eigenvalue weighted by molar-refractivity contribution is 6.04. The molecule has 116 valence electrons. The number of carbonyl (C=O) groups is 1. The van der Waals surface area contributed by atoms with Crippen molar-refractivity contribution >= 4 is 11.6 Å². The molecule has 0 unspecified atom stereocenters. The van der Waals surface area contributed by atoms with Crippen LogP contribution in [-0.4, -0.2) is 28.9 Å². The summed E-state index contributed by atoms with van der Waals surface area (Å²) in [7, 11) is 0. The topological polar surface area (TPSA) is 56.2 Å². The zero-order valence-corrected chi connectivity index (χ0v) is 12.2. The van der Waals surface area contributed by atoms with Crippen LogP contribution in [0.15, 0.2) is 36.7 Å².